The second-order valence-corrected chi connectivity index (χ2v) is 7.22. The molecule has 0 amide bonds. The van der Waals surface area contributed by atoms with E-state index in [0.29, 0.717) is 18.0 Å². The molecule has 1 aromatic carbocycles. The number of hydrogen-bond donors (Lipinski definition) is 2. The highest BCUT2D eigenvalue weighted by Gasteiger charge is 2.19. The second kappa shape index (κ2) is 7.89. The molecular formula is C15H27N3O2S. The molecule has 0 aromatic heterocycles. The van der Waals surface area contributed by atoms with Crippen molar-refractivity contribution in [1.29, 1.82) is 0 Å². The van der Waals surface area contributed by atoms with Crippen LogP contribution < -0.4 is 10.0 Å². The summed E-state index contributed by atoms with van der Waals surface area (Å²) in [7, 11) is 0.392. The van der Waals surface area contributed by atoms with Crippen LogP contribution >= 0.6 is 0 Å². The first-order chi connectivity index (χ1) is 9.79. The zero-order chi connectivity index (χ0) is 16.0. The Labute approximate surface area is 128 Å². The molecule has 6 heteroatoms. The Kier molecular flexibility index (Phi) is 6.80. The Bertz CT molecular complexity index is 556. The van der Waals surface area contributed by atoms with Crippen molar-refractivity contribution in [3.05, 3.63) is 29.3 Å². The van der Waals surface area contributed by atoms with E-state index in [2.05, 4.69) is 10.0 Å². The van der Waals surface area contributed by atoms with Gasteiger partial charge in [0.1, 0.15) is 0 Å². The van der Waals surface area contributed by atoms with Gasteiger partial charge in [-0.05, 0) is 51.7 Å². The van der Waals surface area contributed by atoms with Crippen LogP contribution in [0.25, 0.3) is 0 Å². The van der Waals surface area contributed by atoms with Crippen molar-refractivity contribution in [2.24, 2.45) is 0 Å². The van der Waals surface area contributed by atoms with Crippen molar-refractivity contribution >= 4 is 10.0 Å². The van der Waals surface area contributed by atoms with Gasteiger partial charge in [0.25, 0.3) is 0 Å². The van der Waals surface area contributed by atoms with Gasteiger partial charge in [-0.15, -0.1) is 0 Å². The molecule has 1 rings (SSSR count). The standard InChI is InChI=1S/C15H27N3O2S/c1-6-16-11-14-8-7-9-15(13(14)3)21(19,20)17-10-12(2)18(4)5/h7-9,12,16-17H,6,10-11H2,1-5H3. The number of nitrogens with one attached hydrogen (secondary N) is 2. The first-order valence-corrected chi connectivity index (χ1v) is 8.73. The SMILES string of the molecule is CCNCc1cccc(S(=O)(=O)NCC(C)N(C)C)c1C. The number of sulfonamides is 1. The van der Waals surface area contributed by atoms with Crippen molar-refractivity contribution in [2.75, 3.05) is 27.2 Å². The van der Waals surface area contributed by atoms with Crippen molar-refractivity contribution in [2.45, 2.75) is 38.3 Å². The fourth-order valence-corrected chi connectivity index (χ4v) is 3.30. The smallest absolute Gasteiger partial charge is 0.240 e. The molecule has 2 N–H and O–H groups in total. The molecule has 0 saturated carbocycles. The number of hydrogen-bond acceptors (Lipinski definition) is 4. The zero-order valence-electron chi connectivity index (χ0n) is 13.6. The molecule has 21 heavy (non-hydrogen) atoms. The van der Waals surface area contributed by atoms with Gasteiger partial charge >= 0.3 is 0 Å². The molecule has 0 saturated heterocycles. The third-order valence-electron chi connectivity index (χ3n) is 3.70. The summed E-state index contributed by atoms with van der Waals surface area (Å²) in [6.45, 7) is 7.80. The van der Waals surface area contributed by atoms with Crippen LogP contribution in [-0.2, 0) is 16.6 Å². The summed E-state index contributed by atoms with van der Waals surface area (Å²) in [5.74, 6) is 0. The summed E-state index contributed by atoms with van der Waals surface area (Å²) in [5.41, 5.74) is 1.82. The average Bonchev–Trinajstić information content (AvgIpc) is 2.43. The number of likely N-dealkylation sites (N-methyl/N-ethyl adjacent to an activating group) is 1. The lowest BCUT2D eigenvalue weighted by atomic mass is 10.1. The molecule has 0 heterocycles. The molecule has 1 atom stereocenters. The zero-order valence-corrected chi connectivity index (χ0v) is 14.4. The lowest BCUT2D eigenvalue weighted by Gasteiger charge is -2.20. The summed E-state index contributed by atoms with van der Waals surface area (Å²) in [4.78, 5) is 2.35. The Morgan fingerprint density at radius 2 is 1.95 bits per heavy atom. The van der Waals surface area contributed by atoms with Gasteiger partial charge in [0, 0.05) is 19.1 Å². The molecule has 1 unspecified atom stereocenters. The number of rotatable bonds is 8. The lowest BCUT2D eigenvalue weighted by molar-refractivity contribution is 0.314. The summed E-state index contributed by atoms with van der Waals surface area (Å²) >= 11 is 0. The van der Waals surface area contributed by atoms with Crippen LogP contribution in [-0.4, -0.2) is 46.5 Å². The molecule has 0 spiro atoms. The average molecular weight is 313 g/mol. The van der Waals surface area contributed by atoms with Crippen LogP contribution in [0.15, 0.2) is 23.1 Å². The van der Waals surface area contributed by atoms with Crippen molar-refractivity contribution in [3.63, 3.8) is 0 Å². The molecule has 0 aliphatic rings. The van der Waals surface area contributed by atoms with Gasteiger partial charge in [-0.25, -0.2) is 13.1 Å². The fourth-order valence-electron chi connectivity index (χ4n) is 1.89. The molecule has 0 aliphatic heterocycles. The van der Waals surface area contributed by atoms with Crippen LogP contribution in [0.3, 0.4) is 0 Å². The Balaban J connectivity index is 2.93. The predicted molar refractivity (Wildman–Crippen MR) is 86.9 cm³/mol. The van der Waals surface area contributed by atoms with Gasteiger partial charge in [-0.3, -0.25) is 0 Å². The van der Waals surface area contributed by atoms with E-state index in [0.717, 1.165) is 17.7 Å². The fraction of sp³-hybridized carbons (Fsp3) is 0.600. The first kappa shape index (κ1) is 18.1. The van der Waals surface area contributed by atoms with E-state index < -0.39 is 10.0 Å². The van der Waals surface area contributed by atoms with Gasteiger partial charge in [-0.2, -0.15) is 0 Å². The highest BCUT2D eigenvalue weighted by molar-refractivity contribution is 7.89. The molecular weight excluding hydrogens is 286 g/mol. The summed E-state index contributed by atoms with van der Waals surface area (Å²) in [6.07, 6.45) is 0. The number of benzene rings is 1. The summed E-state index contributed by atoms with van der Waals surface area (Å²) in [5, 5.41) is 3.23. The van der Waals surface area contributed by atoms with Crippen molar-refractivity contribution in [1.82, 2.24) is 14.9 Å². The van der Waals surface area contributed by atoms with E-state index >= 15 is 0 Å². The van der Waals surface area contributed by atoms with Gasteiger partial charge in [0.05, 0.1) is 4.90 Å². The normalized spacial score (nSPS) is 13.6. The lowest BCUT2D eigenvalue weighted by Crippen LogP contribution is -2.38. The molecule has 1 aromatic rings. The predicted octanol–water partition coefficient (Wildman–Crippen LogP) is 1.33. The topological polar surface area (TPSA) is 61.4 Å². The molecule has 0 aliphatic carbocycles. The van der Waals surface area contributed by atoms with Crippen LogP contribution in [0.1, 0.15) is 25.0 Å². The van der Waals surface area contributed by atoms with E-state index in [-0.39, 0.29) is 6.04 Å². The van der Waals surface area contributed by atoms with E-state index in [1.807, 2.05) is 45.8 Å². The second-order valence-electron chi connectivity index (χ2n) is 5.49. The van der Waals surface area contributed by atoms with E-state index in [1.54, 1.807) is 12.1 Å². The highest BCUT2D eigenvalue weighted by atomic mass is 32.2. The van der Waals surface area contributed by atoms with Crippen LogP contribution in [0.2, 0.25) is 0 Å². The molecule has 0 bridgehead atoms. The van der Waals surface area contributed by atoms with Crippen molar-refractivity contribution in [3.8, 4) is 0 Å². The summed E-state index contributed by atoms with van der Waals surface area (Å²) < 4.78 is 27.6. The Morgan fingerprint density at radius 3 is 2.52 bits per heavy atom. The van der Waals surface area contributed by atoms with Gasteiger partial charge < -0.3 is 10.2 Å². The Morgan fingerprint density at radius 1 is 1.29 bits per heavy atom. The molecule has 5 nitrogen and oxygen atoms in total. The third-order valence-corrected chi connectivity index (χ3v) is 5.27. The summed E-state index contributed by atoms with van der Waals surface area (Å²) in [6, 6.07) is 5.56. The number of nitrogens with zero attached hydrogens (tertiary/aromatic N) is 1. The quantitative estimate of drug-likeness (QED) is 0.760. The van der Waals surface area contributed by atoms with Gasteiger partial charge in [0.15, 0.2) is 0 Å². The maximum atomic E-state index is 12.5. The maximum Gasteiger partial charge on any atom is 0.240 e. The van der Waals surface area contributed by atoms with Crippen LogP contribution in [0, 0.1) is 6.92 Å². The minimum atomic E-state index is -3.47. The van der Waals surface area contributed by atoms with Gasteiger partial charge in [0.2, 0.25) is 10.0 Å². The minimum Gasteiger partial charge on any atom is -0.313 e. The monoisotopic (exact) mass is 313 g/mol. The van der Waals surface area contributed by atoms with Gasteiger partial charge in [-0.1, -0.05) is 19.1 Å². The van der Waals surface area contributed by atoms with Crippen molar-refractivity contribution < 1.29 is 8.42 Å². The van der Waals surface area contributed by atoms with Crippen LogP contribution in [0.4, 0.5) is 0 Å². The third kappa shape index (κ3) is 5.07. The highest BCUT2D eigenvalue weighted by Crippen LogP contribution is 2.18. The maximum absolute atomic E-state index is 12.5. The van der Waals surface area contributed by atoms with E-state index in [4.69, 9.17) is 0 Å². The minimum absolute atomic E-state index is 0.144. The Hall–Kier alpha value is -0.950. The van der Waals surface area contributed by atoms with Crippen LogP contribution in [0.5, 0.6) is 0 Å². The van der Waals surface area contributed by atoms with E-state index in [9.17, 15) is 8.42 Å². The molecule has 0 fully saturated rings. The first-order valence-electron chi connectivity index (χ1n) is 7.25. The van der Waals surface area contributed by atoms with E-state index in [1.165, 1.54) is 0 Å². The molecule has 0 radical (unpaired) electrons. The largest absolute Gasteiger partial charge is 0.313 e. The molecule has 120 valence electrons.